The molecule has 1 atom stereocenters. The van der Waals surface area contributed by atoms with Crippen LogP contribution in [0.4, 0.5) is 0 Å². The minimum Gasteiger partial charge on any atom is -0.335 e. The third-order valence-electron chi connectivity index (χ3n) is 3.01. The van der Waals surface area contributed by atoms with Crippen LogP contribution in [0.5, 0.6) is 0 Å². The summed E-state index contributed by atoms with van der Waals surface area (Å²) in [6.07, 6.45) is 5.56. The summed E-state index contributed by atoms with van der Waals surface area (Å²) in [5.74, 6) is 0. The minimum atomic E-state index is -0.486. The molecule has 0 aromatic carbocycles. The number of nitrogens with one attached hydrogen (secondary N) is 1. The summed E-state index contributed by atoms with van der Waals surface area (Å²) in [6, 6.07) is -0.284. The molecule has 0 aliphatic rings. The van der Waals surface area contributed by atoms with Gasteiger partial charge < -0.3 is 4.57 Å². The van der Waals surface area contributed by atoms with Crippen molar-refractivity contribution in [2.75, 3.05) is 0 Å². The maximum atomic E-state index is 12.2. The zero-order chi connectivity index (χ0) is 14.0. The van der Waals surface area contributed by atoms with Crippen molar-refractivity contribution in [3.8, 4) is 0 Å². The fourth-order valence-corrected chi connectivity index (χ4v) is 2.34. The Balaban J connectivity index is 2.44. The molecule has 19 heavy (non-hydrogen) atoms. The number of halogens is 1. The van der Waals surface area contributed by atoms with Crippen LogP contribution in [0.1, 0.15) is 25.5 Å². The first-order valence-corrected chi connectivity index (χ1v) is 6.41. The van der Waals surface area contributed by atoms with Crippen LogP contribution in [-0.2, 0) is 13.0 Å². The van der Waals surface area contributed by atoms with Crippen molar-refractivity contribution in [1.82, 2.24) is 19.1 Å². The van der Waals surface area contributed by atoms with Gasteiger partial charge in [0, 0.05) is 18.9 Å². The van der Waals surface area contributed by atoms with Gasteiger partial charge in [-0.1, -0.05) is 18.5 Å². The summed E-state index contributed by atoms with van der Waals surface area (Å²) in [6.45, 7) is 4.13. The van der Waals surface area contributed by atoms with Gasteiger partial charge in [-0.25, -0.2) is 9.78 Å². The number of rotatable bonds is 4. The average molecular weight is 283 g/mol. The second kappa shape index (κ2) is 5.44. The first kappa shape index (κ1) is 13.6. The Bertz CT molecular complexity index is 672. The summed E-state index contributed by atoms with van der Waals surface area (Å²) < 4.78 is 3.02. The van der Waals surface area contributed by atoms with E-state index in [0.717, 1.165) is 0 Å². The van der Waals surface area contributed by atoms with Crippen molar-refractivity contribution in [3.05, 3.63) is 50.3 Å². The zero-order valence-corrected chi connectivity index (χ0v) is 11.5. The van der Waals surface area contributed by atoms with Gasteiger partial charge in [-0.15, -0.1) is 0 Å². The van der Waals surface area contributed by atoms with Crippen molar-refractivity contribution >= 4 is 11.6 Å². The first-order chi connectivity index (χ1) is 9.04. The topological polar surface area (TPSA) is 72.7 Å². The smallest absolute Gasteiger partial charge is 0.329 e. The van der Waals surface area contributed by atoms with Crippen LogP contribution in [-0.4, -0.2) is 19.1 Å². The molecule has 2 aromatic heterocycles. The zero-order valence-electron chi connectivity index (χ0n) is 10.8. The molecule has 2 heterocycles. The van der Waals surface area contributed by atoms with E-state index >= 15 is 0 Å². The van der Waals surface area contributed by atoms with E-state index in [4.69, 9.17) is 11.6 Å². The molecule has 0 spiro atoms. The Morgan fingerprint density at radius 1 is 1.47 bits per heavy atom. The van der Waals surface area contributed by atoms with Crippen LogP contribution in [0.2, 0.25) is 5.15 Å². The van der Waals surface area contributed by atoms with E-state index in [-0.39, 0.29) is 16.8 Å². The summed E-state index contributed by atoms with van der Waals surface area (Å²) in [4.78, 5) is 30.6. The van der Waals surface area contributed by atoms with Gasteiger partial charge in [0.05, 0.1) is 17.9 Å². The lowest BCUT2D eigenvalue weighted by atomic mass is 10.2. The number of hydrogen-bond donors (Lipinski definition) is 1. The van der Waals surface area contributed by atoms with Crippen molar-refractivity contribution in [3.63, 3.8) is 0 Å². The monoisotopic (exact) mass is 282 g/mol. The quantitative estimate of drug-likeness (QED) is 0.857. The molecule has 6 nitrogen and oxygen atoms in total. The molecular weight excluding hydrogens is 268 g/mol. The molecule has 102 valence electrons. The molecule has 0 radical (unpaired) electrons. The summed E-state index contributed by atoms with van der Waals surface area (Å²) in [5, 5.41) is 0.128. The number of nitrogens with zero attached hydrogens (tertiary/aromatic N) is 3. The van der Waals surface area contributed by atoms with E-state index in [0.29, 0.717) is 18.5 Å². The molecule has 1 unspecified atom stereocenters. The van der Waals surface area contributed by atoms with Crippen molar-refractivity contribution < 1.29 is 0 Å². The highest BCUT2D eigenvalue weighted by Gasteiger charge is 2.16. The van der Waals surface area contributed by atoms with Crippen LogP contribution in [0.25, 0.3) is 0 Å². The SMILES string of the molecule is CCc1c(Cl)[nH]c(=O)n(C(C)Cn2ccnc2)c1=O. The van der Waals surface area contributed by atoms with Gasteiger partial charge >= 0.3 is 5.69 Å². The normalized spacial score (nSPS) is 12.6. The second-order valence-corrected chi connectivity index (χ2v) is 4.74. The molecule has 0 bridgehead atoms. The molecule has 0 saturated carbocycles. The summed E-state index contributed by atoms with van der Waals surface area (Å²) in [7, 11) is 0. The third-order valence-corrected chi connectivity index (χ3v) is 3.33. The maximum absolute atomic E-state index is 12.2. The molecule has 0 fully saturated rings. The number of H-pyrrole nitrogens is 1. The lowest BCUT2D eigenvalue weighted by molar-refractivity contribution is 0.433. The van der Waals surface area contributed by atoms with E-state index in [1.165, 1.54) is 4.57 Å². The highest BCUT2D eigenvalue weighted by atomic mass is 35.5. The van der Waals surface area contributed by atoms with Crippen LogP contribution in [0.15, 0.2) is 28.3 Å². The lowest BCUT2D eigenvalue weighted by Gasteiger charge is -2.15. The predicted octanol–water partition coefficient (Wildman–Crippen LogP) is 1.21. The number of hydrogen-bond acceptors (Lipinski definition) is 3. The summed E-state index contributed by atoms with van der Waals surface area (Å²) >= 11 is 5.87. The van der Waals surface area contributed by atoms with Crippen LogP contribution >= 0.6 is 11.6 Å². The van der Waals surface area contributed by atoms with E-state index in [1.807, 2.05) is 18.4 Å². The molecule has 7 heteroatoms. The summed E-state index contributed by atoms with van der Waals surface area (Å²) in [5.41, 5.74) is -0.387. The van der Waals surface area contributed by atoms with Gasteiger partial charge in [-0.05, 0) is 13.3 Å². The van der Waals surface area contributed by atoms with Crippen molar-refractivity contribution in [1.29, 1.82) is 0 Å². The fraction of sp³-hybridized carbons (Fsp3) is 0.417. The Kier molecular flexibility index (Phi) is 3.90. The predicted molar refractivity (Wildman–Crippen MR) is 72.6 cm³/mol. The van der Waals surface area contributed by atoms with Gasteiger partial charge in [0.1, 0.15) is 5.15 Å². The van der Waals surface area contributed by atoms with E-state index in [1.54, 1.807) is 18.7 Å². The van der Waals surface area contributed by atoms with Crippen LogP contribution in [0.3, 0.4) is 0 Å². The van der Waals surface area contributed by atoms with Gasteiger partial charge in [0.2, 0.25) is 0 Å². The van der Waals surface area contributed by atoms with Gasteiger partial charge in [0.25, 0.3) is 5.56 Å². The first-order valence-electron chi connectivity index (χ1n) is 6.03. The Morgan fingerprint density at radius 2 is 2.21 bits per heavy atom. The van der Waals surface area contributed by atoms with E-state index < -0.39 is 5.69 Å². The molecule has 0 aliphatic heterocycles. The third kappa shape index (κ3) is 2.63. The lowest BCUT2D eigenvalue weighted by Crippen LogP contribution is -2.40. The Morgan fingerprint density at radius 3 is 2.79 bits per heavy atom. The van der Waals surface area contributed by atoms with Gasteiger partial charge in [-0.3, -0.25) is 14.3 Å². The molecular formula is C12H15ClN4O2. The number of aromatic nitrogens is 4. The van der Waals surface area contributed by atoms with Gasteiger partial charge in [0.15, 0.2) is 0 Å². The molecule has 0 amide bonds. The molecule has 2 rings (SSSR count). The largest absolute Gasteiger partial charge is 0.335 e. The Hall–Kier alpha value is -1.82. The van der Waals surface area contributed by atoms with Gasteiger partial charge in [-0.2, -0.15) is 0 Å². The van der Waals surface area contributed by atoms with E-state index in [2.05, 4.69) is 9.97 Å². The molecule has 0 aliphatic carbocycles. The van der Waals surface area contributed by atoms with Crippen molar-refractivity contribution in [2.24, 2.45) is 0 Å². The molecule has 0 saturated heterocycles. The minimum absolute atomic E-state index is 0.128. The molecule has 2 aromatic rings. The van der Waals surface area contributed by atoms with Crippen molar-refractivity contribution in [2.45, 2.75) is 32.9 Å². The standard InChI is InChI=1S/C12H15ClN4O2/c1-3-9-10(13)15-12(19)17(11(9)18)8(2)6-16-5-4-14-7-16/h4-5,7-8H,3,6H2,1-2H3,(H,15,19). The average Bonchev–Trinajstić information content (AvgIpc) is 2.81. The second-order valence-electron chi connectivity index (χ2n) is 4.36. The highest BCUT2D eigenvalue weighted by Crippen LogP contribution is 2.09. The fourth-order valence-electron chi connectivity index (χ4n) is 2.05. The number of aromatic amines is 1. The maximum Gasteiger partial charge on any atom is 0.329 e. The van der Waals surface area contributed by atoms with Crippen LogP contribution < -0.4 is 11.2 Å². The Labute approximate surface area is 114 Å². The molecule has 1 N–H and O–H groups in total. The van der Waals surface area contributed by atoms with E-state index in [9.17, 15) is 9.59 Å². The number of imidazole rings is 1. The highest BCUT2D eigenvalue weighted by molar-refractivity contribution is 6.30. The van der Waals surface area contributed by atoms with Crippen LogP contribution in [0, 0.1) is 0 Å².